The fraction of sp³-hybridized carbons (Fsp3) is 0.588. The van der Waals surface area contributed by atoms with E-state index in [0.717, 1.165) is 23.3 Å². The van der Waals surface area contributed by atoms with Crippen molar-refractivity contribution in [1.82, 2.24) is 9.55 Å². The van der Waals surface area contributed by atoms with E-state index in [4.69, 9.17) is 10.7 Å². The highest BCUT2D eigenvalue weighted by Crippen LogP contribution is 2.27. The van der Waals surface area contributed by atoms with Crippen molar-refractivity contribution in [2.24, 2.45) is 24.1 Å². The van der Waals surface area contributed by atoms with Crippen molar-refractivity contribution in [3.63, 3.8) is 0 Å². The summed E-state index contributed by atoms with van der Waals surface area (Å²) in [4.78, 5) is 4.84. The first kappa shape index (κ1) is 15.0. The van der Waals surface area contributed by atoms with Crippen molar-refractivity contribution in [3.8, 4) is 0 Å². The van der Waals surface area contributed by atoms with Gasteiger partial charge in [-0.15, -0.1) is 0 Å². The first-order chi connectivity index (χ1) is 9.31. The zero-order valence-corrected chi connectivity index (χ0v) is 13.4. The average Bonchev–Trinajstić information content (AvgIpc) is 2.64. The van der Waals surface area contributed by atoms with E-state index in [1.54, 1.807) is 0 Å². The van der Waals surface area contributed by atoms with E-state index in [1.165, 1.54) is 11.9 Å². The van der Waals surface area contributed by atoms with Gasteiger partial charge < -0.3 is 10.3 Å². The van der Waals surface area contributed by atoms with E-state index in [2.05, 4.69) is 57.5 Å². The Labute approximate surface area is 122 Å². The Morgan fingerprint density at radius 3 is 2.60 bits per heavy atom. The molecule has 3 heteroatoms. The van der Waals surface area contributed by atoms with Crippen LogP contribution < -0.4 is 5.73 Å². The molecule has 0 saturated heterocycles. The summed E-state index contributed by atoms with van der Waals surface area (Å²) in [5, 5.41) is 0. The van der Waals surface area contributed by atoms with Crippen molar-refractivity contribution in [1.29, 1.82) is 0 Å². The van der Waals surface area contributed by atoms with E-state index >= 15 is 0 Å². The van der Waals surface area contributed by atoms with Crippen LogP contribution >= 0.6 is 0 Å². The number of aryl methyl sites for hydroxylation is 1. The summed E-state index contributed by atoms with van der Waals surface area (Å²) in [6.07, 6.45) is 2.23. The van der Waals surface area contributed by atoms with Crippen LogP contribution in [0, 0.1) is 11.3 Å². The SMILES string of the molecule is CC(Cc1nc2c(CN)cccc2n1C)CC(C)(C)C. The Balaban J connectivity index is 2.29. The number of imidazole rings is 1. The molecule has 0 amide bonds. The number of hydrogen-bond acceptors (Lipinski definition) is 2. The molecule has 0 aliphatic carbocycles. The number of rotatable bonds is 4. The fourth-order valence-electron chi connectivity index (χ4n) is 3.10. The Bertz CT molecular complexity index is 590. The Morgan fingerprint density at radius 1 is 1.30 bits per heavy atom. The van der Waals surface area contributed by atoms with Crippen LogP contribution in [0.25, 0.3) is 11.0 Å². The van der Waals surface area contributed by atoms with E-state index in [9.17, 15) is 0 Å². The normalized spacial score (nSPS) is 13.9. The highest BCUT2D eigenvalue weighted by Gasteiger charge is 2.18. The molecule has 1 atom stereocenters. The van der Waals surface area contributed by atoms with Gasteiger partial charge in [0.2, 0.25) is 0 Å². The van der Waals surface area contributed by atoms with Crippen LogP contribution in [0.3, 0.4) is 0 Å². The lowest BCUT2D eigenvalue weighted by molar-refractivity contribution is 0.303. The fourth-order valence-corrected chi connectivity index (χ4v) is 3.10. The standard InChI is InChI=1S/C17H27N3/c1-12(10-17(2,3)4)9-15-19-16-13(11-18)7-6-8-14(16)20(15)5/h6-8,12H,9-11,18H2,1-5H3. The lowest BCUT2D eigenvalue weighted by Crippen LogP contribution is -2.14. The van der Waals surface area contributed by atoms with Gasteiger partial charge in [0.15, 0.2) is 0 Å². The molecule has 3 nitrogen and oxygen atoms in total. The van der Waals surface area contributed by atoms with Crippen molar-refractivity contribution in [2.45, 2.75) is 47.1 Å². The lowest BCUT2D eigenvalue weighted by Gasteiger charge is -2.22. The van der Waals surface area contributed by atoms with Crippen molar-refractivity contribution in [2.75, 3.05) is 0 Å². The van der Waals surface area contributed by atoms with Crippen molar-refractivity contribution >= 4 is 11.0 Å². The third kappa shape index (κ3) is 3.21. The Morgan fingerprint density at radius 2 is 2.00 bits per heavy atom. The van der Waals surface area contributed by atoms with Gasteiger partial charge >= 0.3 is 0 Å². The minimum absolute atomic E-state index is 0.367. The molecule has 0 fully saturated rings. The molecule has 1 unspecified atom stereocenters. The van der Waals surface area contributed by atoms with Crippen LogP contribution in [0.2, 0.25) is 0 Å². The molecular formula is C17H27N3. The lowest BCUT2D eigenvalue weighted by atomic mass is 9.84. The molecular weight excluding hydrogens is 246 g/mol. The van der Waals surface area contributed by atoms with Gasteiger partial charge in [0.05, 0.1) is 11.0 Å². The van der Waals surface area contributed by atoms with Crippen LogP contribution in [0.15, 0.2) is 18.2 Å². The summed E-state index contributed by atoms with van der Waals surface area (Å²) in [5.74, 6) is 1.80. The van der Waals surface area contributed by atoms with Gasteiger partial charge in [-0.1, -0.05) is 39.8 Å². The number of aromatic nitrogens is 2. The molecule has 0 aliphatic rings. The summed E-state index contributed by atoms with van der Waals surface area (Å²) in [7, 11) is 2.11. The van der Waals surface area contributed by atoms with Crippen LogP contribution in [0.5, 0.6) is 0 Å². The molecule has 2 rings (SSSR count). The van der Waals surface area contributed by atoms with E-state index in [-0.39, 0.29) is 0 Å². The van der Waals surface area contributed by atoms with Gasteiger partial charge in [0, 0.05) is 20.0 Å². The highest BCUT2D eigenvalue weighted by molar-refractivity contribution is 5.79. The minimum atomic E-state index is 0.367. The summed E-state index contributed by atoms with van der Waals surface area (Å²) >= 11 is 0. The maximum absolute atomic E-state index is 5.81. The first-order valence-electron chi connectivity index (χ1n) is 7.45. The van der Waals surface area contributed by atoms with E-state index in [1.807, 2.05) is 0 Å². The zero-order chi connectivity index (χ0) is 14.9. The van der Waals surface area contributed by atoms with Gasteiger partial charge in [0.1, 0.15) is 5.82 Å². The predicted octanol–water partition coefficient (Wildman–Crippen LogP) is 3.65. The predicted molar refractivity (Wildman–Crippen MR) is 85.5 cm³/mol. The number of nitrogens with two attached hydrogens (primary N) is 1. The van der Waals surface area contributed by atoms with Crippen LogP contribution in [0.1, 0.15) is 45.5 Å². The van der Waals surface area contributed by atoms with Crippen molar-refractivity contribution in [3.05, 3.63) is 29.6 Å². The second-order valence-electron chi connectivity index (χ2n) is 7.15. The molecule has 1 aromatic heterocycles. The molecule has 20 heavy (non-hydrogen) atoms. The molecule has 110 valence electrons. The number of hydrogen-bond donors (Lipinski definition) is 1. The Kier molecular flexibility index (Phi) is 4.19. The van der Waals surface area contributed by atoms with E-state index < -0.39 is 0 Å². The maximum atomic E-state index is 5.81. The van der Waals surface area contributed by atoms with Crippen LogP contribution in [-0.2, 0) is 20.0 Å². The summed E-state index contributed by atoms with van der Waals surface area (Å²) in [5.41, 5.74) is 9.56. The summed E-state index contributed by atoms with van der Waals surface area (Å²) in [6.45, 7) is 9.75. The van der Waals surface area contributed by atoms with Crippen LogP contribution in [-0.4, -0.2) is 9.55 Å². The zero-order valence-electron chi connectivity index (χ0n) is 13.4. The molecule has 0 aliphatic heterocycles. The maximum Gasteiger partial charge on any atom is 0.109 e. The summed E-state index contributed by atoms with van der Waals surface area (Å²) in [6, 6.07) is 6.26. The third-order valence-electron chi connectivity index (χ3n) is 3.80. The highest BCUT2D eigenvalue weighted by atomic mass is 15.1. The third-order valence-corrected chi connectivity index (χ3v) is 3.80. The largest absolute Gasteiger partial charge is 0.331 e. The second kappa shape index (κ2) is 5.57. The molecule has 2 aromatic rings. The topological polar surface area (TPSA) is 43.8 Å². The smallest absolute Gasteiger partial charge is 0.109 e. The van der Waals surface area contributed by atoms with E-state index in [0.29, 0.717) is 17.9 Å². The number of benzene rings is 1. The van der Waals surface area contributed by atoms with Gasteiger partial charge in [-0.2, -0.15) is 0 Å². The molecule has 1 heterocycles. The number of fused-ring (bicyclic) bond motifs is 1. The van der Waals surface area contributed by atoms with Gasteiger partial charge in [-0.25, -0.2) is 4.98 Å². The molecule has 0 bridgehead atoms. The molecule has 0 radical (unpaired) electrons. The average molecular weight is 273 g/mol. The molecule has 0 spiro atoms. The quantitative estimate of drug-likeness (QED) is 0.924. The number of nitrogens with zero attached hydrogens (tertiary/aromatic N) is 2. The molecule has 0 saturated carbocycles. The van der Waals surface area contributed by atoms with Crippen LogP contribution in [0.4, 0.5) is 0 Å². The Hall–Kier alpha value is -1.35. The van der Waals surface area contributed by atoms with Gasteiger partial charge in [-0.3, -0.25) is 0 Å². The first-order valence-corrected chi connectivity index (χ1v) is 7.45. The minimum Gasteiger partial charge on any atom is -0.331 e. The van der Waals surface area contributed by atoms with Gasteiger partial charge in [0.25, 0.3) is 0 Å². The second-order valence-corrected chi connectivity index (χ2v) is 7.15. The molecule has 2 N–H and O–H groups in total. The van der Waals surface area contributed by atoms with Crippen molar-refractivity contribution < 1.29 is 0 Å². The summed E-state index contributed by atoms with van der Waals surface area (Å²) < 4.78 is 2.22. The molecule has 1 aromatic carbocycles. The number of para-hydroxylation sites is 1. The van der Waals surface area contributed by atoms with Gasteiger partial charge in [-0.05, 0) is 29.4 Å². The monoisotopic (exact) mass is 273 g/mol.